The number of ether oxygens (including phenoxy) is 1. The van der Waals surface area contributed by atoms with Crippen molar-refractivity contribution < 1.29 is 4.74 Å². The van der Waals surface area contributed by atoms with Crippen molar-refractivity contribution in [2.45, 2.75) is 64.3 Å². The van der Waals surface area contributed by atoms with Gasteiger partial charge in [0.1, 0.15) is 0 Å². The molecular formula is C18H26N2O. The average Bonchev–Trinajstić information content (AvgIpc) is 2.94. The van der Waals surface area contributed by atoms with Gasteiger partial charge in [0, 0.05) is 18.8 Å². The van der Waals surface area contributed by atoms with Gasteiger partial charge in [-0.2, -0.15) is 0 Å². The third-order valence-corrected chi connectivity index (χ3v) is 4.37. The molecule has 1 aliphatic heterocycles. The van der Waals surface area contributed by atoms with Crippen molar-refractivity contribution in [3.05, 3.63) is 36.0 Å². The Bertz CT molecular complexity index is 627. The second-order valence-corrected chi connectivity index (χ2v) is 7.04. The van der Waals surface area contributed by atoms with E-state index in [2.05, 4.69) is 55.8 Å². The molecule has 2 atom stereocenters. The largest absolute Gasteiger partial charge is 0.370 e. The summed E-state index contributed by atoms with van der Waals surface area (Å²) >= 11 is 0. The summed E-state index contributed by atoms with van der Waals surface area (Å²) in [5, 5.41) is 1.30. The predicted molar refractivity (Wildman–Crippen MR) is 87.5 cm³/mol. The molecule has 2 aromatic rings. The second-order valence-electron chi connectivity index (χ2n) is 7.04. The Morgan fingerprint density at radius 3 is 2.86 bits per heavy atom. The van der Waals surface area contributed by atoms with E-state index in [4.69, 9.17) is 10.5 Å². The minimum Gasteiger partial charge on any atom is -0.370 e. The van der Waals surface area contributed by atoms with Gasteiger partial charge in [-0.3, -0.25) is 0 Å². The fraction of sp³-hybridized carbons (Fsp3) is 0.556. The van der Waals surface area contributed by atoms with E-state index in [9.17, 15) is 0 Å². The molecule has 0 spiro atoms. The fourth-order valence-corrected chi connectivity index (χ4v) is 3.43. The summed E-state index contributed by atoms with van der Waals surface area (Å²) in [6.45, 7) is 7.36. The van der Waals surface area contributed by atoms with E-state index in [1.165, 1.54) is 16.5 Å². The molecule has 2 heterocycles. The first kappa shape index (κ1) is 14.6. The van der Waals surface area contributed by atoms with Crippen LogP contribution in [0, 0.1) is 0 Å². The predicted octanol–water partition coefficient (Wildman–Crippen LogP) is 3.49. The van der Waals surface area contributed by atoms with Crippen LogP contribution in [0.1, 0.15) is 39.2 Å². The third-order valence-electron chi connectivity index (χ3n) is 4.37. The number of fused-ring (bicyclic) bond motifs is 1. The van der Waals surface area contributed by atoms with Crippen LogP contribution in [-0.4, -0.2) is 22.3 Å². The quantitative estimate of drug-likeness (QED) is 0.934. The minimum absolute atomic E-state index is 0.0300. The number of benzene rings is 1. The van der Waals surface area contributed by atoms with Crippen LogP contribution in [0.5, 0.6) is 0 Å². The van der Waals surface area contributed by atoms with Crippen molar-refractivity contribution in [1.29, 1.82) is 0 Å². The van der Waals surface area contributed by atoms with Crippen LogP contribution in [0.15, 0.2) is 30.5 Å². The molecule has 0 saturated carbocycles. The molecule has 3 heteroatoms. The zero-order chi connectivity index (χ0) is 15.0. The maximum atomic E-state index is 6.15. The number of aromatic nitrogens is 1. The van der Waals surface area contributed by atoms with Crippen LogP contribution in [0.2, 0.25) is 0 Å². The number of nitrogens with two attached hydrogens (primary N) is 1. The summed E-state index contributed by atoms with van der Waals surface area (Å²) in [6, 6.07) is 8.87. The standard InChI is InChI=1S/C18H26N2O/c1-13(19)11-15-6-4-5-14-8-10-20(17(14)15)12-16-7-9-18(2,3)21-16/h4-6,8,10,13,16H,7,9,11-12,19H2,1-3H3. The van der Waals surface area contributed by atoms with E-state index in [-0.39, 0.29) is 11.6 Å². The highest BCUT2D eigenvalue weighted by molar-refractivity contribution is 5.83. The molecule has 0 amide bonds. The molecule has 114 valence electrons. The number of para-hydroxylation sites is 1. The smallest absolute Gasteiger partial charge is 0.0762 e. The topological polar surface area (TPSA) is 40.2 Å². The highest BCUT2D eigenvalue weighted by atomic mass is 16.5. The molecule has 0 radical (unpaired) electrons. The Morgan fingerprint density at radius 2 is 2.19 bits per heavy atom. The van der Waals surface area contributed by atoms with Gasteiger partial charge in [0.15, 0.2) is 0 Å². The third kappa shape index (κ3) is 3.14. The second kappa shape index (κ2) is 5.47. The van der Waals surface area contributed by atoms with Gasteiger partial charge in [-0.1, -0.05) is 18.2 Å². The molecular weight excluding hydrogens is 260 g/mol. The van der Waals surface area contributed by atoms with Crippen molar-refractivity contribution in [3.63, 3.8) is 0 Å². The van der Waals surface area contributed by atoms with Gasteiger partial charge in [-0.15, -0.1) is 0 Å². The number of hydrogen-bond donors (Lipinski definition) is 1. The summed E-state index contributed by atoms with van der Waals surface area (Å²) in [4.78, 5) is 0. The lowest BCUT2D eigenvalue weighted by atomic mass is 10.0. The first-order valence-corrected chi connectivity index (χ1v) is 7.95. The maximum absolute atomic E-state index is 6.15. The normalized spacial score (nSPS) is 22.8. The van der Waals surface area contributed by atoms with Gasteiger partial charge >= 0.3 is 0 Å². The summed E-state index contributed by atoms with van der Waals surface area (Å²) in [5.74, 6) is 0. The lowest BCUT2D eigenvalue weighted by Gasteiger charge is -2.20. The van der Waals surface area contributed by atoms with Gasteiger partial charge in [-0.05, 0) is 57.0 Å². The first-order chi connectivity index (χ1) is 9.94. The first-order valence-electron chi connectivity index (χ1n) is 7.95. The van der Waals surface area contributed by atoms with Crippen molar-refractivity contribution in [2.24, 2.45) is 5.73 Å². The van der Waals surface area contributed by atoms with E-state index < -0.39 is 0 Å². The van der Waals surface area contributed by atoms with Crippen LogP contribution < -0.4 is 5.73 Å². The Hall–Kier alpha value is -1.32. The maximum Gasteiger partial charge on any atom is 0.0762 e. The van der Waals surface area contributed by atoms with Gasteiger partial charge in [-0.25, -0.2) is 0 Å². The van der Waals surface area contributed by atoms with E-state index in [0.29, 0.717) is 6.10 Å². The van der Waals surface area contributed by atoms with Crippen molar-refractivity contribution in [2.75, 3.05) is 0 Å². The lowest BCUT2D eigenvalue weighted by Crippen LogP contribution is -2.23. The summed E-state index contributed by atoms with van der Waals surface area (Å²) in [6.07, 6.45) is 5.70. The summed E-state index contributed by atoms with van der Waals surface area (Å²) in [7, 11) is 0. The zero-order valence-electron chi connectivity index (χ0n) is 13.3. The van der Waals surface area contributed by atoms with Gasteiger partial charge in [0.05, 0.1) is 17.2 Å². The van der Waals surface area contributed by atoms with E-state index in [1.54, 1.807) is 0 Å². The Morgan fingerprint density at radius 1 is 1.38 bits per heavy atom. The van der Waals surface area contributed by atoms with E-state index >= 15 is 0 Å². The van der Waals surface area contributed by atoms with Crippen LogP contribution in [0.25, 0.3) is 10.9 Å². The van der Waals surface area contributed by atoms with E-state index in [0.717, 1.165) is 25.8 Å². The van der Waals surface area contributed by atoms with Crippen molar-refractivity contribution in [3.8, 4) is 0 Å². The molecule has 1 aromatic heterocycles. The van der Waals surface area contributed by atoms with Gasteiger partial charge in [0.25, 0.3) is 0 Å². The number of hydrogen-bond acceptors (Lipinski definition) is 2. The summed E-state index contributed by atoms with van der Waals surface area (Å²) < 4.78 is 8.49. The Balaban J connectivity index is 1.89. The van der Waals surface area contributed by atoms with Gasteiger partial charge in [0.2, 0.25) is 0 Å². The van der Waals surface area contributed by atoms with Gasteiger partial charge < -0.3 is 15.0 Å². The molecule has 0 aliphatic carbocycles. The van der Waals surface area contributed by atoms with Crippen LogP contribution in [0.4, 0.5) is 0 Å². The summed E-state index contributed by atoms with van der Waals surface area (Å²) in [5.41, 5.74) is 8.69. The molecule has 3 nitrogen and oxygen atoms in total. The highest BCUT2D eigenvalue weighted by Gasteiger charge is 2.31. The Labute approximate surface area is 127 Å². The molecule has 3 rings (SSSR count). The molecule has 1 saturated heterocycles. The zero-order valence-corrected chi connectivity index (χ0v) is 13.3. The van der Waals surface area contributed by atoms with Crippen molar-refractivity contribution in [1.82, 2.24) is 4.57 Å². The molecule has 1 aromatic carbocycles. The van der Waals surface area contributed by atoms with Crippen LogP contribution >= 0.6 is 0 Å². The molecule has 2 unspecified atom stereocenters. The Kier molecular flexibility index (Phi) is 3.80. The lowest BCUT2D eigenvalue weighted by molar-refractivity contribution is -0.0212. The molecule has 21 heavy (non-hydrogen) atoms. The number of rotatable bonds is 4. The monoisotopic (exact) mass is 286 g/mol. The van der Waals surface area contributed by atoms with E-state index in [1.807, 2.05) is 0 Å². The molecule has 1 aliphatic rings. The number of nitrogens with zero attached hydrogens (tertiary/aromatic N) is 1. The molecule has 1 fully saturated rings. The molecule has 0 bridgehead atoms. The van der Waals surface area contributed by atoms with Crippen LogP contribution in [-0.2, 0) is 17.7 Å². The molecule has 2 N–H and O–H groups in total. The van der Waals surface area contributed by atoms with Crippen molar-refractivity contribution >= 4 is 10.9 Å². The fourth-order valence-electron chi connectivity index (χ4n) is 3.43. The SMILES string of the molecule is CC(N)Cc1cccc2ccn(CC3CCC(C)(C)O3)c12. The highest BCUT2D eigenvalue weighted by Crippen LogP contribution is 2.31. The van der Waals surface area contributed by atoms with Crippen LogP contribution in [0.3, 0.4) is 0 Å². The minimum atomic E-state index is 0.0300. The average molecular weight is 286 g/mol.